The highest BCUT2D eigenvalue weighted by atomic mass is 16.2. The van der Waals surface area contributed by atoms with Gasteiger partial charge >= 0.3 is 0 Å². The number of pyridine rings is 1. The van der Waals surface area contributed by atoms with Crippen molar-refractivity contribution in [1.82, 2.24) is 0 Å². The minimum Gasteiger partial charge on any atom is -0.366 e. The van der Waals surface area contributed by atoms with E-state index in [1.807, 2.05) is 47.3 Å². The molecule has 0 unspecified atom stereocenters. The molecule has 5 heteroatoms. The maximum atomic E-state index is 12.1. The van der Waals surface area contributed by atoms with E-state index >= 15 is 0 Å². The number of primary amides is 1. The molecule has 0 saturated heterocycles. The molecule has 0 spiro atoms. The average molecular weight is 306 g/mol. The minimum atomic E-state index is -0.491. The molecule has 3 aromatic rings. The number of hydrogen-bond acceptors (Lipinski definition) is 2. The number of carbonyl (C=O) groups excluding carboxylic acids is 2. The summed E-state index contributed by atoms with van der Waals surface area (Å²) in [4.78, 5) is 23.1. The minimum absolute atomic E-state index is 0.142. The number of aromatic nitrogens is 1. The largest absolute Gasteiger partial charge is 0.366 e. The van der Waals surface area contributed by atoms with E-state index in [1.54, 1.807) is 24.3 Å². The molecule has 0 aliphatic carbocycles. The molecular formula is C18H16N3O2+. The topological polar surface area (TPSA) is 76.1 Å². The van der Waals surface area contributed by atoms with Gasteiger partial charge in [-0.25, -0.2) is 0 Å². The highest BCUT2D eigenvalue weighted by Gasteiger charge is 2.10. The van der Waals surface area contributed by atoms with Crippen LogP contribution >= 0.6 is 0 Å². The Morgan fingerprint density at radius 1 is 0.957 bits per heavy atom. The molecule has 23 heavy (non-hydrogen) atoms. The number of fused-ring (bicyclic) bond motifs is 1. The number of nitrogens with zero attached hydrogens (tertiary/aromatic N) is 1. The number of hydrogen-bond donors (Lipinski definition) is 2. The van der Waals surface area contributed by atoms with Crippen LogP contribution in [-0.2, 0) is 11.3 Å². The van der Waals surface area contributed by atoms with Gasteiger partial charge in [0.2, 0.25) is 12.5 Å². The molecule has 0 aliphatic rings. The lowest BCUT2D eigenvalue weighted by Gasteiger charge is -2.04. The Labute approximate surface area is 133 Å². The second kappa shape index (κ2) is 6.27. The standard InChI is InChI=1S/C18H15N3O2/c19-18(23)14-5-7-16(8-6-14)20-17(22)12-21-10-9-13-3-1-2-4-15(13)11-21/h1-11H,12H2,(H2-,19,20,22,23)/p+1. The van der Waals surface area contributed by atoms with Gasteiger partial charge in [0.25, 0.3) is 5.91 Å². The second-order valence-electron chi connectivity index (χ2n) is 5.24. The first-order valence-electron chi connectivity index (χ1n) is 7.19. The molecule has 0 radical (unpaired) electrons. The smallest absolute Gasteiger partial charge is 0.290 e. The summed E-state index contributed by atoms with van der Waals surface area (Å²) in [7, 11) is 0. The maximum Gasteiger partial charge on any atom is 0.290 e. The molecule has 3 N–H and O–H groups in total. The fourth-order valence-electron chi connectivity index (χ4n) is 2.36. The zero-order chi connectivity index (χ0) is 16.2. The van der Waals surface area contributed by atoms with Gasteiger partial charge in [0.05, 0.1) is 0 Å². The third kappa shape index (κ3) is 3.52. The maximum absolute atomic E-state index is 12.1. The van der Waals surface area contributed by atoms with Crippen molar-refractivity contribution in [1.29, 1.82) is 0 Å². The summed E-state index contributed by atoms with van der Waals surface area (Å²) in [6, 6.07) is 16.4. The fourth-order valence-corrected chi connectivity index (χ4v) is 2.36. The Hall–Kier alpha value is -3.21. The van der Waals surface area contributed by atoms with Crippen LogP contribution in [0.25, 0.3) is 10.8 Å². The summed E-state index contributed by atoms with van der Waals surface area (Å²) < 4.78 is 1.83. The fraction of sp³-hybridized carbons (Fsp3) is 0.0556. The summed E-state index contributed by atoms with van der Waals surface area (Å²) in [5, 5.41) is 5.00. The normalized spacial score (nSPS) is 10.4. The van der Waals surface area contributed by atoms with E-state index in [1.165, 1.54) is 0 Å². The Morgan fingerprint density at radius 3 is 2.35 bits per heavy atom. The van der Waals surface area contributed by atoms with Crippen LogP contribution in [0.1, 0.15) is 10.4 Å². The van der Waals surface area contributed by atoms with Crippen LogP contribution in [0.4, 0.5) is 5.69 Å². The van der Waals surface area contributed by atoms with Crippen molar-refractivity contribution in [2.45, 2.75) is 6.54 Å². The summed E-state index contributed by atoms with van der Waals surface area (Å²) in [6.45, 7) is 0.211. The van der Waals surface area contributed by atoms with Gasteiger partial charge in [0.1, 0.15) is 0 Å². The van der Waals surface area contributed by atoms with Crippen molar-refractivity contribution >= 4 is 28.3 Å². The van der Waals surface area contributed by atoms with E-state index in [9.17, 15) is 9.59 Å². The molecule has 1 aromatic heterocycles. The van der Waals surface area contributed by atoms with Crippen LogP contribution in [-0.4, -0.2) is 11.8 Å². The van der Waals surface area contributed by atoms with E-state index in [2.05, 4.69) is 5.32 Å². The Balaban J connectivity index is 1.69. The van der Waals surface area contributed by atoms with Crippen molar-refractivity contribution < 1.29 is 14.2 Å². The zero-order valence-corrected chi connectivity index (χ0v) is 12.4. The first-order valence-corrected chi connectivity index (χ1v) is 7.19. The lowest BCUT2D eigenvalue weighted by molar-refractivity contribution is -0.682. The van der Waals surface area contributed by atoms with Gasteiger partial charge in [0, 0.05) is 22.7 Å². The molecule has 0 fully saturated rings. The lowest BCUT2D eigenvalue weighted by atomic mass is 10.2. The van der Waals surface area contributed by atoms with Gasteiger partial charge in [-0.1, -0.05) is 18.2 Å². The van der Waals surface area contributed by atoms with Crippen LogP contribution < -0.4 is 15.6 Å². The summed E-state index contributed by atoms with van der Waals surface area (Å²) in [5.74, 6) is -0.633. The summed E-state index contributed by atoms with van der Waals surface area (Å²) in [6.07, 6.45) is 3.81. The quantitative estimate of drug-likeness (QED) is 0.722. The van der Waals surface area contributed by atoms with Crippen molar-refractivity contribution in [3.63, 3.8) is 0 Å². The summed E-state index contributed by atoms with van der Waals surface area (Å²) >= 11 is 0. The zero-order valence-electron chi connectivity index (χ0n) is 12.4. The number of carbonyl (C=O) groups is 2. The van der Waals surface area contributed by atoms with Crippen LogP contribution in [0.5, 0.6) is 0 Å². The van der Waals surface area contributed by atoms with Crippen LogP contribution in [0.3, 0.4) is 0 Å². The van der Waals surface area contributed by atoms with E-state index in [0.717, 1.165) is 10.8 Å². The number of anilines is 1. The van der Waals surface area contributed by atoms with Crippen molar-refractivity contribution in [3.8, 4) is 0 Å². The molecule has 0 bridgehead atoms. The Morgan fingerprint density at radius 2 is 1.65 bits per heavy atom. The molecule has 3 rings (SSSR count). The molecule has 2 amide bonds. The van der Waals surface area contributed by atoms with E-state index in [-0.39, 0.29) is 12.5 Å². The molecule has 1 heterocycles. The van der Waals surface area contributed by atoms with Gasteiger partial charge in [-0.15, -0.1) is 0 Å². The van der Waals surface area contributed by atoms with E-state index < -0.39 is 5.91 Å². The number of benzene rings is 2. The van der Waals surface area contributed by atoms with Crippen molar-refractivity contribution in [2.24, 2.45) is 5.73 Å². The molecule has 0 aliphatic heterocycles. The predicted molar refractivity (Wildman–Crippen MR) is 87.7 cm³/mol. The summed E-state index contributed by atoms with van der Waals surface area (Å²) in [5.41, 5.74) is 6.22. The Bertz CT molecular complexity index is 873. The van der Waals surface area contributed by atoms with Crippen molar-refractivity contribution in [3.05, 3.63) is 72.6 Å². The van der Waals surface area contributed by atoms with Gasteiger partial charge < -0.3 is 11.1 Å². The average Bonchev–Trinajstić information content (AvgIpc) is 2.55. The molecule has 2 aromatic carbocycles. The molecular weight excluding hydrogens is 290 g/mol. The number of rotatable bonds is 4. The van der Waals surface area contributed by atoms with Crippen molar-refractivity contribution in [2.75, 3.05) is 5.32 Å². The van der Waals surface area contributed by atoms with Crippen LogP contribution in [0, 0.1) is 0 Å². The first-order chi connectivity index (χ1) is 11.1. The SMILES string of the molecule is NC(=O)c1ccc(NC(=O)C[n+]2ccc3ccccc3c2)cc1. The van der Waals surface area contributed by atoms with Crippen LogP contribution in [0.15, 0.2) is 67.0 Å². The van der Waals surface area contributed by atoms with Gasteiger partial charge in [0.15, 0.2) is 12.4 Å². The molecule has 0 saturated carbocycles. The van der Waals surface area contributed by atoms with Crippen LogP contribution in [0.2, 0.25) is 0 Å². The molecule has 114 valence electrons. The third-order valence-electron chi connectivity index (χ3n) is 3.53. The highest BCUT2D eigenvalue weighted by molar-refractivity contribution is 5.94. The van der Waals surface area contributed by atoms with Gasteiger partial charge in [-0.05, 0) is 35.7 Å². The number of nitrogens with one attached hydrogen (secondary N) is 1. The molecule has 5 nitrogen and oxygen atoms in total. The predicted octanol–water partition coefficient (Wildman–Crippen LogP) is 1.86. The number of nitrogens with two attached hydrogens (primary N) is 1. The van der Waals surface area contributed by atoms with E-state index in [0.29, 0.717) is 11.3 Å². The number of amides is 2. The van der Waals surface area contributed by atoms with E-state index in [4.69, 9.17) is 5.73 Å². The highest BCUT2D eigenvalue weighted by Crippen LogP contribution is 2.10. The lowest BCUT2D eigenvalue weighted by Crippen LogP contribution is -2.39. The molecule has 0 atom stereocenters. The van der Waals surface area contributed by atoms with Gasteiger partial charge in [-0.3, -0.25) is 9.59 Å². The second-order valence-corrected chi connectivity index (χ2v) is 5.24. The Kier molecular flexibility index (Phi) is 4.01. The van der Waals surface area contributed by atoms with Gasteiger partial charge in [-0.2, -0.15) is 4.57 Å². The monoisotopic (exact) mass is 306 g/mol. The first kappa shape index (κ1) is 14.7. The third-order valence-corrected chi connectivity index (χ3v) is 3.53.